The van der Waals surface area contributed by atoms with Crippen LogP contribution in [0.1, 0.15) is 0 Å². The van der Waals surface area contributed by atoms with Crippen molar-refractivity contribution in [2.75, 3.05) is 14.7 Å². The minimum Gasteiger partial charge on any atom is -0.456 e. The highest BCUT2D eigenvalue weighted by atomic mass is 16.3. The van der Waals surface area contributed by atoms with E-state index in [0.717, 1.165) is 90.0 Å². The van der Waals surface area contributed by atoms with E-state index in [-0.39, 0.29) is 0 Å². The molecule has 27 rings (SSSR count). The quantitative estimate of drug-likeness (QED) is 0.0809. The van der Waals surface area contributed by atoms with E-state index in [0.29, 0.717) is 0 Å². The third-order valence-electron chi connectivity index (χ3n) is 28.0. The van der Waals surface area contributed by atoms with E-state index in [9.17, 15) is 0 Å². The number of anilines is 9. The summed E-state index contributed by atoms with van der Waals surface area (Å²) in [5.41, 5.74) is 39.4. The lowest BCUT2D eigenvalue weighted by atomic mass is 9.99. The molecule has 0 saturated carbocycles. The van der Waals surface area contributed by atoms with Crippen LogP contribution in [0.5, 0.6) is 0 Å². The molecule has 0 amide bonds. The average Bonchev–Trinajstić information content (AvgIpc) is 1.61. The van der Waals surface area contributed by atoms with Gasteiger partial charge in [-0.1, -0.05) is 376 Å². The van der Waals surface area contributed by atoms with Crippen molar-refractivity contribution in [3.63, 3.8) is 0 Å². The summed E-state index contributed by atoms with van der Waals surface area (Å²) >= 11 is 0. The van der Waals surface area contributed by atoms with Crippen LogP contribution in [0.4, 0.5) is 51.2 Å². The first kappa shape index (κ1) is 87.2. The first-order valence-corrected chi connectivity index (χ1v) is 49.5. The smallest absolute Gasteiger partial charge is 0.135 e. The maximum Gasteiger partial charge on any atom is 0.135 e. The fourth-order valence-electron chi connectivity index (χ4n) is 21.0. The molecule has 0 aliphatic rings. The van der Waals surface area contributed by atoms with Gasteiger partial charge in [0.15, 0.2) is 0 Å². The molecule has 0 bridgehead atoms. The molecule has 0 aliphatic carbocycles. The number of furan rings is 1. The molecule has 0 saturated heterocycles. The normalized spacial score (nSPS) is 11.3. The van der Waals surface area contributed by atoms with Crippen LogP contribution >= 0.6 is 0 Å². The molecular weight excluding hydrogens is 1760 g/mol. The van der Waals surface area contributed by atoms with Crippen LogP contribution in [0.3, 0.4) is 0 Å². The lowest BCUT2D eigenvalue weighted by Crippen LogP contribution is -2.10. The standard InChI is InChI=1S/C48H32N2O.C48H34N2.C42H30N2/c1-3-11-33(12-4-1)35-19-23-37(24-20-35)49(38-25-21-36(22-26-38)34-13-5-2-6-14-34)39-27-29-46-43(31-39)41-15-7-9-17-45(41)50(46)40-28-30-48-44(32-40)42-16-8-10-18-47(42)51-48;1-4-13-35(14-5-1)37-23-28-42(29-24-37)49(41-18-8-3-9-19-41)43-30-25-38(26-31-43)40-27-32-48-46(34-40)45-21-10-11-22-47(45)50(48)44-20-12-17-39(33-44)36-15-6-2-7-16-36;1-4-12-35(13-5-1)43(36-14-6-2-7-15-36)38-27-24-32(25-28-38)31-20-22-33(23-21-31)34-26-29-42-40(30-34)39-18-10-11-19-41(39)44(42)37-16-8-3-9-17-37/h1-32H;1-34H;1-30H. The molecule has 684 valence electrons. The van der Waals surface area contributed by atoms with Crippen LogP contribution in [-0.4, -0.2) is 13.7 Å². The summed E-state index contributed by atoms with van der Waals surface area (Å²) in [6, 6.07) is 208. The predicted molar refractivity (Wildman–Crippen MR) is 612 cm³/mol. The SMILES string of the molecule is c1ccc(-c2ccc(N(c3ccc(-c4ccccc4)cc3)c3ccc4c(c3)c3ccccc3n4-c3ccc4oc5ccccc5c4c3)cc2)cc1.c1ccc(-c2ccc(N(c3ccccc3)c3ccc(-c4ccc5c(c4)c4ccccc4n5-c4cccc(-c5ccccc5)c4)cc3)cc2)cc1.c1ccc(N(c2ccccc2)c2ccc(-c3ccc(-c4ccc5c(c4)c4ccccc4n5-c4ccccc4)cc3)cc2)cc1. The van der Waals surface area contributed by atoms with Crippen LogP contribution in [0.15, 0.2) is 587 Å². The zero-order chi connectivity index (χ0) is 96.3. The van der Waals surface area contributed by atoms with Crippen molar-refractivity contribution in [1.29, 1.82) is 0 Å². The molecule has 7 heteroatoms. The van der Waals surface area contributed by atoms with Gasteiger partial charge in [0.25, 0.3) is 0 Å². The predicted octanol–water partition coefficient (Wildman–Crippen LogP) is 38.3. The Morgan fingerprint density at radius 2 is 0.345 bits per heavy atom. The van der Waals surface area contributed by atoms with Crippen molar-refractivity contribution in [3.8, 4) is 95.0 Å². The largest absolute Gasteiger partial charge is 0.456 e. The van der Waals surface area contributed by atoms with Crippen LogP contribution < -0.4 is 14.7 Å². The fraction of sp³-hybridized carbons (Fsp3) is 0. The van der Waals surface area contributed by atoms with Gasteiger partial charge in [-0.15, -0.1) is 0 Å². The minimum absolute atomic E-state index is 0.898. The Morgan fingerprint density at radius 1 is 0.117 bits per heavy atom. The molecule has 0 atom stereocenters. The van der Waals surface area contributed by atoms with Crippen LogP contribution in [0.25, 0.3) is 182 Å². The summed E-state index contributed by atoms with van der Waals surface area (Å²) in [5, 5.41) is 9.70. The highest BCUT2D eigenvalue weighted by Gasteiger charge is 2.24. The summed E-state index contributed by atoms with van der Waals surface area (Å²) in [4.78, 5) is 6.97. The van der Waals surface area contributed by atoms with Gasteiger partial charge in [0.2, 0.25) is 0 Å². The Labute approximate surface area is 842 Å². The number of nitrogens with zero attached hydrogens (tertiary/aromatic N) is 6. The molecule has 4 aromatic heterocycles. The molecule has 27 aromatic rings. The molecule has 0 fully saturated rings. The Morgan fingerprint density at radius 3 is 0.731 bits per heavy atom. The Hall–Kier alpha value is -19.3. The average molecular weight is 1850 g/mol. The molecule has 0 unspecified atom stereocenters. The first-order chi connectivity index (χ1) is 71.9. The van der Waals surface area contributed by atoms with Crippen LogP contribution in [-0.2, 0) is 0 Å². The third kappa shape index (κ3) is 17.2. The summed E-state index contributed by atoms with van der Waals surface area (Å²) in [6.45, 7) is 0. The van der Waals surface area contributed by atoms with Gasteiger partial charge in [-0.3, -0.25) is 0 Å². The second-order valence-corrected chi connectivity index (χ2v) is 36.7. The van der Waals surface area contributed by atoms with Gasteiger partial charge in [-0.2, -0.15) is 0 Å². The van der Waals surface area contributed by atoms with E-state index in [1.54, 1.807) is 0 Å². The molecule has 0 spiro atoms. The van der Waals surface area contributed by atoms with E-state index in [2.05, 4.69) is 599 Å². The third-order valence-corrected chi connectivity index (χ3v) is 28.0. The van der Waals surface area contributed by atoms with E-state index in [1.807, 2.05) is 12.1 Å². The number of aromatic nitrogens is 3. The van der Waals surface area contributed by atoms with E-state index < -0.39 is 0 Å². The van der Waals surface area contributed by atoms with Gasteiger partial charge in [0.1, 0.15) is 11.2 Å². The highest BCUT2D eigenvalue weighted by molar-refractivity contribution is 6.14. The molecule has 0 N–H and O–H groups in total. The van der Waals surface area contributed by atoms with Crippen molar-refractivity contribution in [3.05, 3.63) is 582 Å². The summed E-state index contributed by atoms with van der Waals surface area (Å²) in [7, 11) is 0. The van der Waals surface area contributed by atoms with E-state index >= 15 is 0 Å². The number of fused-ring (bicyclic) bond motifs is 12. The Kier molecular flexibility index (Phi) is 23.3. The van der Waals surface area contributed by atoms with E-state index in [4.69, 9.17) is 4.42 Å². The van der Waals surface area contributed by atoms with Gasteiger partial charge >= 0.3 is 0 Å². The molecule has 23 aromatic carbocycles. The van der Waals surface area contributed by atoms with Gasteiger partial charge < -0.3 is 32.8 Å². The zero-order valence-electron chi connectivity index (χ0n) is 79.5. The Balaban J connectivity index is 0.000000114. The molecule has 0 radical (unpaired) electrons. The number of benzene rings is 23. The maximum absolute atomic E-state index is 6.18. The monoisotopic (exact) mass is 1850 g/mol. The minimum atomic E-state index is 0.898. The number of rotatable bonds is 19. The number of hydrogen-bond acceptors (Lipinski definition) is 4. The maximum atomic E-state index is 6.18. The topological polar surface area (TPSA) is 37.7 Å². The van der Waals surface area contributed by atoms with Crippen molar-refractivity contribution < 1.29 is 4.42 Å². The molecule has 0 aliphatic heterocycles. The molecule has 7 nitrogen and oxygen atoms in total. The second-order valence-electron chi connectivity index (χ2n) is 36.7. The molecule has 4 heterocycles. The van der Waals surface area contributed by atoms with Gasteiger partial charge in [-0.25, -0.2) is 0 Å². The summed E-state index contributed by atoms with van der Waals surface area (Å²) in [5.74, 6) is 0. The van der Waals surface area contributed by atoms with Gasteiger partial charge in [0.05, 0.1) is 33.1 Å². The lowest BCUT2D eigenvalue weighted by molar-refractivity contribution is 0.669. The van der Waals surface area contributed by atoms with E-state index in [1.165, 1.54) is 143 Å². The Bertz CT molecular complexity index is 9160. The van der Waals surface area contributed by atoms with Crippen molar-refractivity contribution in [2.45, 2.75) is 0 Å². The van der Waals surface area contributed by atoms with Crippen LogP contribution in [0, 0.1) is 0 Å². The van der Waals surface area contributed by atoms with Gasteiger partial charge in [-0.05, 0) is 284 Å². The van der Waals surface area contributed by atoms with Crippen molar-refractivity contribution >= 4 is 139 Å². The summed E-state index contributed by atoms with van der Waals surface area (Å²) in [6.07, 6.45) is 0. The fourth-order valence-corrected chi connectivity index (χ4v) is 21.0. The molecular formula is C138H96N6O. The van der Waals surface area contributed by atoms with Crippen molar-refractivity contribution in [1.82, 2.24) is 13.7 Å². The number of hydrogen-bond donors (Lipinski definition) is 0. The zero-order valence-corrected chi connectivity index (χ0v) is 79.5. The first-order valence-electron chi connectivity index (χ1n) is 49.5. The van der Waals surface area contributed by atoms with Crippen molar-refractivity contribution in [2.24, 2.45) is 0 Å². The lowest BCUT2D eigenvalue weighted by Gasteiger charge is -2.26. The van der Waals surface area contributed by atoms with Crippen LogP contribution in [0.2, 0.25) is 0 Å². The second kappa shape index (κ2) is 38.8. The highest BCUT2D eigenvalue weighted by Crippen LogP contribution is 2.47. The number of para-hydroxylation sites is 8. The molecule has 145 heavy (non-hydrogen) atoms. The van der Waals surface area contributed by atoms with Gasteiger partial charge in [0, 0.05) is 111 Å². The summed E-state index contributed by atoms with van der Waals surface area (Å²) < 4.78 is 13.3.